The van der Waals surface area contributed by atoms with Crippen LogP contribution in [0.3, 0.4) is 0 Å². The van der Waals surface area contributed by atoms with Gasteiger partial charge in [0, 0.05) is 31.1 Å². The quantitative estimate of drug-likeness (QED) is 0.845. The molecule has 0 radical (unpaired) electrons. The molecule has 0 saturated carbocycles. The Kier molecular flexibility index (Phi) is 4.86. The number of likely N-dealkylation sites (tertiary alicyclic amines) is 1. The Morgan fingerprint density at radius 1 is 1.36 bits per heavy atom. The van der Waals surface area contributed by atoms with Gasteiger partial charge in [0.2, 0.25) is 11.8 Å². The van der Waals surface area contributed by atoms with Gasteiger partial charge < -0.3 is 15.2 Å². The number of aromatic amines is 1. The van der Waals surface area contributed by atoms with Crippen molar-refractivity contribution in [2.75, 3.05) is 6.54 Å². The molecule has 1 aromatic heterocycles. The van der Waals surface area contributed by atoms with Gasteiger partial charge in [0.05, 0.1) is 17.3 Å². The third-order valence-electron chi connectivity index (χ3n) is 5.60. The number of nitrogens with zero attached hydrogens (tertiary/aromatic N) is 3. The summed E-state index contributed by atoms with van der Waals surface area (Å²) in [7, 11) is 0. The number of carbonyl (C=O) groups excluding carboxylic acids is 2. The molecule has 1 aromatic carbocycles. The first-order valence-corrected chi connectivity index (χ1v) is 9.66. The highest BCUT2D eigenvalue weighted by Gasteiger charge is 2.35. The average molecular weight is 377 g/mol. The molecular formula is C21H23N5O2. The van der Waals surface area contributed by atoms with Gasteiger partial charge in [-0.3, -0.25) is 9.59 Å². The van der Waals surface area contributed by atoms with Gasteiger partial charge in [0.25, 0.3) is 0 Å². The Labute approximate surface area is 163 Å². The van der Waals surface area contributed by atoms with Gasteiger partial charge in [0.1, 0.15) is 11.9 Å². The molecule has 7 heteroatoms. The molecule has 1 aliphatic heterocycles. The molecule has 1 saturated heterocycles. The molecule has 2 atom stereocenters. The van der Waals surface area contributed by atoms with Crippen LogP contribution in [0.4, 0.5) is 0 Å². The monoisotopic (exact) mass is 377 g/mol. The normalized spacial score (nSPS) is 21.3. The van der Waals surface area contributed by atoms with E-state index >= 15 is 0 Å². The first-order chi connectivity index (χ1) is 13.5. The molecule has 2 aliphatic rings. The van der Waals surface area contributed by atoms with Crippen molar-refractivity contribution in [3.05, 3.63) is 52.6 Å². The summed E-state index contributed by atoms with van der Waals surface area (Å²) >= 11 is 0. The molecule has 2 unspecified atom stereocenters. The molecule has 144 valence electrons. The van der Waals surface area contributed by atoms with Crippen molar-refractivity contribution in [1.82, 2.24) is 20.2 Å². The fourth-order valence-corrected chi connectivity index (χ4v) is 4.07. The number of hydrogen-bond donors (Lipinski definition) is 2. The van der Waals surface area contributed by atoms with Crippen LogP contribution in [0, 0.1) is 24.2 Å². The highest BCUT2D eigenvalue weighted by molar-refractivity contribution is 5.90. The number of fused-ring (bicyclic) bond motifs is 1. The second kappa shape index (κ2) is 7.47. The Morgan fingerprint density at radius 2 is 2.14 bits per heavy atom. The molecule has 0 bridgehead atoms. The summed E-state index contributed by atoms with van der Waals surface area (Å²) in [6.07, 6.45) is 2.83. The van der Waals surface area contributed by atoms with Crippen LogP contribution in [0.1, 0.15) is 41.2 Å². The van der Waals surface area contributed by atoms with E-state index in [1.165, 1.54) is 0 Å². The fourth-order valence-electron chi connectivity index (χ4n) is 4.07. The minimum Gasteiger partial charge on any atom is -0.346 e. The van der Waals surface area contributed by atoms with Crippen LogP contribution in [0.15, 0.2) is 24.3 Å². The van der Waals surface area contributed by atoms with E-state index in [0.29, 0.717) is 31.5 Å². The summed E-state index contributed by atoms with van der Waals surface area (Å²) in [4.78, 5) is 34.9. The van der Waals surface area contributed by atoms with Crippen molar-refractivity contribution in [2.45, 2.75) is 45.2 Å². The van der Waals surface area contributed by atoms with Crippen LogP contribution >= 0.6 is 0 Å². The number of H-pyrrole nitrogens is 1. The topological polar surface area (TPSA) is 102 Å². The lowest BCUT2D eigenvalue weighted by Crippen LogP contribution is -2.44. The molecule has 2 heterocycles. The SMILES string of the molecule is Cc1nc2c([nH]1)CC(C(=O)NC1CCN(Cc3ccc(C#N)cc3)C1=O)CC2. The summed E-state index contributed by atoms with van der Waals surface area (Å²) in [5, 5.41) is 11.8. The summed E-state index contributed by atoms with van der Waals surface area (Å²) in [6, 6.07) is 8.88. The van der Waals surface area contributed by atoms with Gasteiger partial charge in [-0.25, -0.2) is 4.98 Å². The molecule has 1 fully saturated rings. The van der Waals surface area contributed by atoms with Gasteiger partial charge in [-0.1, -0.05) is 12.1 Å². The highest BCUT2D eigenvalue weighted by Crippen LogP contribution is 2.25. The predicted molar refractivity (Wildman–Crippen MR) is 102 cm³/mol. The Bertz CT molecular complexity index is 941. The van der Waals surface area contributed by atoms with Gasteiger partial charge in [0.15, 0.2) is 0 Å². The number of aromatic nitrogens is 2. The first kappa shape index (κ1) is 18.2. The lowest BCUT2D eigenvalue weighted by Gasteiger charge is -2.22. The lowest BCUT2D eigenvalue weighted by molar-refractivity contribution is -0.134. The molecule has 2 aromatic rings. The maximum Gasteiger partial charge on any atom is 0.245 e. The second-order valence-corrected chi connectivity index (χ2v) is 7.61. The van der Waals surface area contributed by atoms with Crippen molar-refractivity contribution >= 4 is 11.8 Å². The van der Waals surface area contributed by atoms with Crippen LogP contribution < -0.4 is 5.32 Å². The molecular weight excluding hydrogens is 354 g/mol. The van der Waals surface area contributed by atoms with Gasteiger partial charge in [-0.2, -0.15) is 5.26 Å². The highest BCUT2D eigenvalue weighted by atomic mass is 16.2. The zero-order chi connectivity index (χ0) is 19.7. The molecule has 2 N–H and O–H groups in total. The van der Waals surface area contributed by atoms with Crippen LogP contribution in [0.25, 0.3) is 0 Å². The Hall–Kier alpha value is -3.14. The summed E-state index contributed by atoms with van der Waals surface area (Å²) in [5.74, 6) is 0.686. The summed E-state index contributed by atoms with van der Waals surface area (Å²) < 4.78 is 0. The third-order valence-corrected chi connectivity index (χ3v) is 5.60. The van der Waals surface area contributed by atoms with E-state index in [9.17, 15) is 9.59 Å². The minimum absolute atomic E-state index is 0.0356. The van der Waals surface area contributed by atoms with Crippen LogP contribution in [-0.4, -0.2) is 39.3 Å². The molecule has 2 amide bonds. The third kappa shape index (κ3) is 3.63. The summed E-state index contributed by atoms with van der Waals surface area (Å²) in [5.41, 5.74) is 3.69. The fraction of sp³-hybridized carbons (Fsp3) is 0.429. The number of imidazole rings is 1. The number of aryl methyl sites for hydroxylation is 2. The van der Waals surface area contributed by atoms with E-state index in [2.05, 4.69) is 21.4 Å². The zero-order valence-corrected chi connectivity index (χ0v) is 15.9. The standard InChI is InChI=1S/C21H23N5O2/c1-13-23-17-7-6-16(10-19(17)24-13)20(27)25-18-8-9-26(21(18)28)12-15-4-2-14(11-22)3-5-15/h2-5,16,18H,6-10,12H2,1H3,(H,23,24)(H,25,27). The van der Waals surface area contributed by atoms with E-state index < -0.39 is 6.04 Å². The molecule has 0 spiro atoms. The number of rotatable bonds is 4. The number of nitriles is 1. The maximum absolute atomic E-state index is 12.7. The van der Waals surface area contributed by atoms with Crippen molar-refractivity contribution in [2.24, 2.45) is 5.92 Å². The van der Waals surface area contributed by atoms with Crippen molar-refractivity contribution in [1.29, 1.82) is 5.26 Å². The van der Waals surface area contributed by atoms with Gasteiger partial charge >= 0.3 is 0 Å². The smallest absolute Gasteiger partial charge is 0.245 e. The van der Waals surface area contributed by atoms with Crippen LogP contribution in [-0.2, 0) is 29.0 Å². The van der Waals surface area contributed by atoms with E-state index in [0.717, 1.165) is 35.6 Å². The number of carbonyl (C=O) groups is 2. The maximum atomic E-state index is 12.7. The van der Waals surface area contributed by atoms with Crippen molar-refractivity contribution in [3.8, 4) is 6.07 Å². The van der Waals surface area contributed by atoms with Crippen molar-refractivity contribution < 1.29 is 9.59 Å². The molecule has 4 rings (SSSR count). The zero-order valence-electron chi connectivity index (χ0n) is 15.9. The molecule has 28 heavy (non-hydrogen) atoms. The van der Waals surface area contributed by atoms with Crippen LogP contribution in [0.2, 0.25) is 0 Å². The number of benzene rings is 1. The first-order valence-electron chi connectivity index (χ1n) is 9.66. The summed E-state index contributed by atoms with van der Waals surface area (Å²) in [6.45, 7) is 3.04. The van der Waals surface area contributed by atoms with Crippen LogP contribution in [0.5, 0.6) is 0 Å². The lowest BCUT2D eigenvalue weighted by atomic mass is 9.89. The van der Waals surface area contributed by atoms with Crippen molar-refractivity contribution in [3.63, 3.8) is 0 Å². The van der Waals surface area contributed by atoms with E-state index in [4.69, 9.17) is 5.26 Å². The largest absolute Gasteiger partial charge is 0.346 e. The Morgan fingerprint density at radius 3 is 2.89 bits per heavy atom. The van der Waals surface area contributed by atoms with E-state index in [1.807, 2.05) is 19.1 Å². The van der Waals surface area contributed by atoms with E-state index in [-0.39, 0.29) is 17.7 Å². The number of hydrogen-bond acceptors (Lipinski definition) is 4. The average Bonchev–Trinajstić information content (AvgIpc) is 3.24. The second-order valence-electron chi connectivity index (χ2n) is 7.61. The minimum atomic E-state index is -0.448. The number of nitrogens with one attached hydrogen (secondary N) is 2. The molecule has 1 aliphatic carbocycles. The Balaban J connectivity index is 1.33. The van der Waals surface area contributed by atoms with Gasteiger partial charge in [-0.15, -0.1) is 0 Å². The number of amides is 2. The molecule has 7 nitrogen and oxygen atoms in total. The van der Waals surface area contributed by atoms with Gasteiger partial charge in [-0.05, 0) is 43.9 Å². The van der Waals surface area contributed by atoms with E-state index in [1.54, 1.807) is 17.0 Å². The predicted octanol–water partition coefficient (Wildman–Crippen LogP) is 1.61.